The number of benzene rings is 4. The second kappa shape index (κ2) is 10.8. The average molecular weight is 509 g/mol. The van der Waals surface area contributed by atoms with Gasteiger partial charge in [0.25, 0.3) is 5.91 Å². The first-order valence-corrected chi connectivity index (χ1v) is 12.7. The fourth-order valence-electron chi connectivity index (χ4n) is 3.84. The smallest absolute Gasteiger partial charge is 0.271 e. The molecule has 1 aliphatic heterocycles. The van der Waals surface area contributed by atoms with E-state index in [0.717, 1.165) is 28.1 Å². The van der Waals surface area contributed by atoms with Gasteiger partial charge in [-0.1, -0.05) is 71.8 Å². The zero-order valence-corrected chi connectivity index (χ0v) is 21.3. The molecule has 1 aliphatic rings. The third kappa shape index (κ3) is 5.65. The zero-order valence-electron chi connectivity index (χ0n) is 20.5. The molecule has 1 heterocycles. The highest BCUT2D eigenvalue weighted by atomic mass is 32.2. The molecule has 184 valence electrons. The number of hydrogen-bond donors (Lipinski definition) is 0. The van der Waals surface area contributed by atoms with E-state index in [-0.39, 0.29) is 18.3 Å². The number of nitrogens with zero attached hydrogens (tertiary/aromatic N) is 2. The number of amides is 1. The highest BCUT2D eigenvalue weighted by Gasteiger charge is 2.35. The first kappa shape index (κ1) is 24.5. The normalized spacial score (nSPS) is 15.5. The van der Waals surface area contributed by atoms with E-state index in [1.54, 1.807) is 23.1 Å². The number of thioether (sulfide) groups is 1. The molecule has 0 saturated carbocycles. The van der Waals surface area contributed by atoms with Crippen LogP contribution in [0.5, 0.6) is 5.75 Å². The van der Waals surface area contributed by atoms with E-state index in [0.29, 0.717) is 21.4 Å². The Hall–Kier alpha value is -4.16. The Morgan fingerprint density at radius 2 is 1.51 bits per heavy atom. The molecule has 0 unspecified atom stereocenters. The summed E-state index contributed by atoms with van der Waals surface area (Å²) in [6.07, 6.45) is 1.81. The minimum atomic E-state index is -0.314. The molecule has 4 nitrogen and oxygen atoms in total. The van der Waals surface area contributed by atoms with Crippen molar-refractivity contribution in [3.8, 4) is 5.75 Å². The minimum absolute atomic E-state index is 0.0869. The lowest BCUT2D eigenvalue weighted by molar-refractivity contribution is -0.113. The van der Waals surface area contributed by atoms with Crippen LogP contribution in [0.3, 0.4) is 0 Å². The molecule has 0 radical (unpaired) electrons. The number of hydrogen-bond acceptors (Lipinski definition) is 4. The number of aliphatic imine (C=N–C) groups is 1. The maximum Gasteiger partial charge on any atom is 0.271 e. The Morgan fingerprint density at radius 1 is 0.865 bits per heavy atom. The Morgan fingerprint density at radius 3 is 2.24 bits per heavy atom. The molecule has 1 saturated heterocycles. The molecule has 0 spiro atoms. The number of para-hydroxylation sites is 1. The molecule has 0 aromatic heterocycles. The predicted octanol–water partition coefficient (Wildman–Crippen LogP) is 7.83. The quantitative estimate of drug-likeness (QED) is 0.249. The topological polar surface area (TPSA) is 41.9 Å². The van der Waals surface area contributed by atoms with Crippen LogP contribution < -0.4 is 9.64 Å². The van der Waals surface area contributed by atoms with E-state index < -0.39 is 0 Å². The summed E-state index contributed by atoms with van der Waals surface area (Å²) in [5, 5.41) is 0.578. The van der Waals surface area contributed by atoms with Gasteiger partial charge in [-0.05, 0) is 68.1 Å². The molecule has 4 aromatic rings. The first-order chi connectivity index (χ1) is 18.0. The lowest BCUT2D eigenvalue weighted by Gasteiger charge is -2.16. The van der Waals surface area contributed by atoms with Gasteiger partial charge in [0.05, 0.1) is 16.3 Å². The monoisotopic (exact) mass is 508 g/mol. The summed E-state index contributed by atoms with van der Waals surface area (Å²) < 4.78 is 20.0. The minimum Gasteiger partial charge on any atom is -0.488 e. The standard InChI is InChI=1S/C31H25FN2O2S/c1-21-11-15-25(16-12-21)33-31-34(26-17-13-22(2)14-18-26)30(35)29(37-31)19-23-7-4-6-10-28(23)36-20-24-8-3-5-9-27(24)32/h3-19H,20H2,1-2H3/b29-19-,33-31?. The van der Waals surface area contributed by atoms with E-state index in [9.17, 15) is 9.18 Å². The Labute approximate surface area is 220 Å². The molecule has 0 aliphatic carbocycles. The van der Waals surface area contributed by atoms with Crippen LogP contribution in [-0.4, -0.2) is 11.1 Å². The fourth-order valence-corrected chi connectivity index (χ4v) is 4.84. The highest BCUT2D eigenvalue weighted by Crippen LogP contribution is 2.38. The Bertz CT molecular complexity index is 1490. The fraction of sp³-hybridized carbons (Fsp3) is 0.0968. The van der Waals surface area contributed by atoms with Gasteiger partial charge in [-0.25, -0.2) is 9.38 Å². The molecule has 1 amide bonds. The number of carbonyl (C=O) groups is 1. The van der Waals surface area contributed by atoms with Gasteiger partial charge in [0.2, 0.25) is 0 Å². The van der Waals surface area contributed by atoms with E-state index in [4.69, 9.17) is 9.73 Å². The maximum absolute atomic E-state index is 14.1. The number of ether oxygens (including phenoxy) is 1. The lowest BCUT2D eigenvalue weighted by Crippen LogP contribution is -2.28. The van der Waals surface area contributed by atoms with Gasteiger partial charge in [-0.3, -0.25) is 9.69 Å². The number of amidine groups is 1. The largest absolute Gasteiger partial charge is 0.488 e. The molecule has 0 atom stereocenters. The van der Waals surface area contributed by atoms with Crippen LogP contribution in [0, 0.1) is 19.7 Å². The van der Waals surface area contributed by atoms with Crippen molar-refractivity contribution < 1.29 is 13.9 Å². The van der Waals surface area contributed by atoms with Gasteiger partial charge in [-0.15, -0.1) is 0 Å². The van der Waals surface area contributed by atoms with E-state index in [1.807, 2.05) is 92.7 Å². The van der Waals surface area contributed by atoms with Gasteiger partial charge in [0.1, 0.15) is 18.2 Å². The summed E-state index contributed by atoms with van der Waals surface area (Å²) in [5.41, 5.74) is 4.97. The molecule has 1 fully saturated rings. The summed E-state index contributed by atoms with van der Waals surface area (Å²) in [6, 6.07) is 29.6. The molecular formula is C31H25FN2O2S. The number of carbonyl (C=O) groups excluding carboxylic acids is 1. The van der Waals surface area contributed by atoms with Crippen LogP contribution in [0.2, 0.25) is 0 Å². The van der Waals surface area contributed by atoms with E-state index in [1.165, 1.54) is 17.8 Å². The van der Waals surface area contributed by atoms with Crippen LogP contribution in [-0.2, 0) is 11.4 Å². The van der Waals surface area contributed by atoms with Crippen molar-refractivity contribution in [1.29, 1.82) is 0 Å². The highest BCUT2D eigenvalue weighted by molar-refractivity contribution is 8.19. The van der Waals surface area contributed by atoms with Crippen LogP contribution in [0.15, 0.2) is 107 Å². The van der Waals surface area contributed by atoms with Crippen LogP contribution in [0.1, 0.15) is 22.3 Å². The lowest BCUT2D eigenvalue weighted by atomic mass is 10.1. The second-order valence-corrected chi connectivity index (χ2v) is 9.74. The summed E-state index contributed by atoms with van der Waals surface area (Å²) in [7, 11) is 0. The summed E-state index contributed by atoms with van der Waals surface area (Å²) in [4.78, 5) is 20.6. The number of rotatable bonds is 6. The van der Waals surface area contributed by atoms with Crippen LogP contribution >= 0.6 is 11.8 Å². The SMILES string of the molecule is Cc1ccc(N=C2S/C(=C\c3ccccc3OCc3ccccc3F)C(=O)N2c2ccc(C)cc2)cc1. The molecule has 0 N–H and O–H groups in total. The maximum atomic E-state index is 14.1. The number of aryl methyl sites for hydroxylation is 2. The van der Waals surface area contributed by atoms with Crippen molar-refractivity contribution in [2.45, 2.75) is 20.5 Å². The number of anilines is 1. The molecule has 5 rings (SSSR count). The van der Waals surface area contributed by atoms with Gasteiger partial charge < -0.3 is 4.74 Å². The Kier molecular flexibility index (Phi) is 7.19. The zero-order chi connectivity index (χ0) is 25.8. The van der Waals surface area contributed by atoms with E-state index in [2.05, 4.69) is 0 Å². The van der Waals surface area contributed by atoms with Gasteiger partial charge in [-0.2, -0.15) is 0 Å². The molecule has 37 heavy (non-hydrogen) atoms. The third-order valence-electron chi connectivity index (χ3n) is 5.90. The molecule has 6 heteroatoms. The molecular weight excluding hydrogens is 483 g/mol. The van der Waals surface area contributed by atoms with Gasteiger partial charge >= 0.3 is 0 Å². The van der Waals surface area contributed by atoms with Crippen molar-refractivity contribution in [3.05, 3.63) is 130 Å². The number of halogens is 1. The summed E-state index contributed by atoms with van der Waals surface area (Å²) in [6.45, 7) is 4.12. The van der Waals surface area contributed by atoms with Crippen molar-refractivity contribution in [2.24, 2.45) is 4.99 Å². The predicted molar refractivity (Wildman–Crippen MR) is 150 cm³/mol. The third-order valence-corrected chi connectivity index (χ3v) is 6.87. The van der Waals surface area contributed by atoms with Crippen molar-refractivity contribution in [2.75, 3.05) is 4.90 Å². The van der Waals surface area contributed by atoms with Crippen molar-refractivity contribution >= 4 is 40.3 Å². The van der Waals surface area contributed by atoms with Crippen LogP contribution in [0.25, 0.3) is 6.08 Å². The molecule has 4 aromatic carbocycles. The van der Waals surface area contributed by atoms with Crippen LogP contribution in [0.4, 0.5) is 15.8 Å². The summed E-state index contributed by atoms with van der Waals surface area (Å²) in [5.74, 6) is 0.0895. The average Bonchev–Trinajstić information content (AvgIpc) is 3.20. The summed E-state index contributed by atoms with van der Waals surface area (Å²) >= 11 is 1.32. The van der Waals surface area contributed by atoms with Crippen molar-refractivity contribution in [3.63, 3.8) is 0 Å². The first-order valence-electron chi connectivity index (χ1n) is 11.9. The Balaban J connectivity index is 1.49. The molecule has 0 bridgehead atoms. The second-order valence-electron chi connectivity index (χ2n) is 8.73. The van der Waals surface area contributed by atoms with Crippen molar-refractivity contribution in [1.82, 2.24) is 0 Å². The van der Waals surface area contributed by atoms with Gasteiger partial charge in [0, 0.05) is 11.1 Å². The van der Waals surface area contributed by atoms with E-state index >= 15 is 0 Å². The van der Waals surface area contributed by atoms with Gasteiger partial charge in [0.15, 0.2) is 5.17 Å².